The molecule has 34 heavy (non-hydrogen) atoms. The van der Waals surface area contributed by atoms with E-state index in [-0.39, 0.29) is 0 Å². The molecule has 0 bridgehead atoms. The highest BCUT2D eigenvalue weighted by Crippen LogP contribution is 2.38. The molecule has 1 saturated heterocycles. The third-order valence-corrected chi connectivity index (χ3v) is 6.87. The summed E-state index contributed by atoms with van der Waals surface area (Å²) in [4.78, 5) is 7.14. The summed E-state index contributed by atoms with van der Waals surface area (Å²) in [6.45, 7) is 3.70. The number of rotatable bonds is 6. The average molecular weight is 476 g/mol. The van der Waals surface area contributed by atoms with Gasteiger partial charge in [-0.15, -0.1) is 0 Å². The minimum absolute atomic E-state index is 0.473. The first-order valence-electron chi connectivity index (χ1n) is 11.9. The smallest absolute Gasteiger partial charge is 0.131 e. The van der Waals surface area contributed by atoms with Crippen LogP contribution in [-0.2, 0) is 6.61 Å². The van der Waals surface area contributed by atoms with E-state index in [4.69, 9.17) is 21.1 Å². The lowest BCUT2D eigenvalue weighted by Gasteiger charge is -2.32. The van der Waals surface area contributed by atoms with Crippen molar-refractivity contribution in [2.24, 2.45) is 0 Å². The van der Waals surface area contributed by atoms with Gasteiger partial charge >= 0.3 is 0 Å². The number of fused-ring (bicyclic) bond motifs is 2. The quantitative estimate of drug-likeness (QED) is 0.471. The zero-order valence-corrected chi connectivity index (χ0v) is 20.2. The maximum atomic E-state index is 6.08. The van der Waals surface area contributed by atoms with Crippen molar-refractivity contribution in [3.8, 4) is 11.5 Å². The highest BCUT2D eigenvalue weighted by Gasteiger charge is 2.22. The minimum Gasteiger partial charge on any atom is -0.497 e. The van der Waals surface area contributed by atoms with Gasteiger partial charge in [0.1, 0.15) is 18.1 Å². The molecule has 2 aliphatic rings. The highest BCUT2D eigenvalue weighted by molar-refractivity contribution is 6.30. The summed E-state index contributed by atoms with van der Waals surface area (Å²) in [6.07, 6.45) is 7.42. The fraction of sp³-hybridized carbons (Fsp3) is 0.321. The Labute approximate surface area is 206 Å². The summed E-state index contributed by atoms with van der Waals surface area (Å²) in [6, 6.07) is 18.6. The molecule has 6 heteroatoms. The normalized spacial score (nSPS) is 17.4. The molecular weight excluding hydrogens is 446 g/mol. The van der Waals surface area contributed by atoms with E-state index in [0.29, 0.717) is 12.6 Å². The lowest BCUT2D eigenvalue weighted by atomic mass is 9.95. The Kier molecular flexibility index (Phi) is 7.02. The molecule has 176 valence electrons. The summed E-state index contributed by atoms with van der Waals surface area (Å²) < 4.78 is 11.6. The van der Waals surface area contributed by atoms with Crippen molar-refractivity contribution < 1.29 is 9.47 Å². The van der Waals surface area contributed by atoms with E-state index < -0.39 is 0 Å². The third-order valence-electron chi connectivity index (χ3n) is 6.62. The molecule has 0 unspecified atom stereocenters. The number of methoxy groups -OCH3 is 1. The average Bonchev–Trinajstić information content (AvgIpc) is 3.03. The van der Waals surface area contributed by atoms with Crippen LogP contribution in [-0.4, -0.2) is 42.7 Å². The number of nitrogens with one attached hydrogen (secondary N) is 1. The molecule has 0 atom stereocenters. The Morgan fingerprint density at radius 3 is 2.74 bits per heavy atom. The number of hydrogen-bond donors (Lipinski definition) is 1. The Morgan fingerprint density at radius 2 is 1.94 bits per heavy atom. The predicted molar refractivity (Wildman–Crippen MR) is 138 cm³/mol. The fourth-order valence-corrected chi connectivity index (χ4v) is 4.88. The zero-order valence-electron chi connectivity index (χ0n) is 19.5. The van der Waals surface area contributed by atoms with E-state index in [1.54, 1.807) is 7.11 Å². The second-order valence-corrected chi connectivity index (χ2v) is 9.26. The maximum Gasteiger partial charge on any atom is 0.131 e. The van der Waals surface area contributed by atoms with Crippen LogP contribution in [0.4, 0.5) is 5.69 Å². The molecule has 0 amide bonds. The number of likely N-dealkylation sites (tertiary alicyclic amines) is 1. The van der Waals surface area contributed by atoms with Crippen LogP contribution in [0.1, 0.15) is 36.1 Å². The van der Waals surface area contributed by atoms with Crippen molar-refractivity contribution in [2.75, 3.05) is 32.1 Å². The van der Waals surface area contributed by atoms with Gasteiger partial charge in [-0.3, -0.25) is 4.98 Å². The van der Waals surface area contributed by atoms with E-state index in [2.05, 4.69) is 45.5 Å². The number of nitrogens with zero attached hydrogens (tertiary/aromatic N) is 2. The third kappa shape index (κ3) is 5.21. The first kappa shape index (κ1) is 22.8. The Balaban J connectivity index is 1.25. The molecule has 2 aromatic carbocycles. The van der Waals surface area contributed by atoms with E-state index in [9.17, 15) is 0 Å². The molecular formula is C28H30ClN3O2. The standard InChI is InChI=1S/C28H30ClN3O2/c1-33-23-10-11-28-26(18-23)24(25-4-2-14-30-27(25)19-34-28)5-3-15-32-16-12-22(13-17-32)31-21-8-6-20(29)7-9-21/h2,4-11,14,18,22,31H,3,12-13,15-17,19H2,1H3/b24-5+. The second-order valence-electron chi connectivity index (χ2n) is 8.82. The van der Waals surface area contributed by atoms with Crippen molar-refractivity contribution in [2.45, 2.75) is 31.9 Å². The molecule has 0 radical (unpaired) electrons. The molecule has 1 fully saturated rings. The first-order valence-corrected chi connectivity index (χ1v) is 12.3. The summed E-state index contributed by atoms with van der Waals surface area (Å²) >= 11 is 6.00. The molecule has 0 spiro atoms. The molecule has 2 aliphatic heterocycles. The van der Waals surface area contributed by atoms with Crippen LogP contribution in [0.25, 0.3) is 5.57 Å². The highest BCUT2D eigenvalue weighted by atomic mass is 35.5. The van der Waals surface area contributed by atoms with Crippen LogP contribution < -0.4 is 14.8 Å². The van der Waals surface area contributed by atoms with Crippen molar-refractivity contribution in [3.05, 3.63) is 88.7 Å². The van der Waals surface area contributed by atoms with Gasteiger partial charge in [-0.2, -0.15) is 0 Å². The first-order chi connectivity index (χ1) is 16.7. The molecule has 3 aromatic rings. The largest absolute Gasteiger partial charge is 0.497 e. The van der Waals surface area contributed by atoms with Crippen LogP contribution in [0.5, 0.6) is 11.5 Å². The van der Waals surface area contributed by atoms with Gasteiger partial charge < -0.3 is 19.7 Å². The Morgan fingerprint density at radius 1 is 1.12 bits per heavy atom. The van der Waals surface area contributed by atoms with Crippen molar-refractivity contribution >= 4 is 22.9 Å². The summed E-state index contributed by atoms with van der Waals surface area (Å²) in [5, 5.41) is 4.42. The van der Waals surface area contributed by atoms with E-state index in [0.717, 1.165) is 77.9 Å². The second kappa shape index (κ2) is 10.5. The molecule has 0 aliphatic carbocycles. The summed E-state index contributed by atoms with van der Waals surface area (Å²) in [5.74, 6) is 1.70. The molecule has 1 N–H and O–H groups in total. The molecule has 1 aromatic heterocycles. The van der Waals surface area contributed by atoms with Crippen molar-refractivity contribution in [1.82, 2.24) is 9.88 Å². The summed E-state index contributed by atoms with van der Waals surface area (Å²) in [7, 11) is 1.70. The number of pyridine rings is 1. The van der Waals surface area contributed by atoms with Crippen molar-refractivity contribution in [3.63, 3.8) is 0 Å². The summed E-state index contributed by atoms with van der Waals surface area (Å²) in [5.41, 5.74) is 5.49. The van der Waals surface area contributed by atoms with Gasteiger partial charge in [0.2, 0.25) is 0 Å². The van der Waals surface area contributed by atoms with E-state index >= 15 is 0 Å². The van der Waals surface area contributed by atoms with Gasteiger partial charge in [-0.25, -0.2) is 0 Å². The van der Waals surface area contributed by atoms with Crippen LogP contribution in [0.2, 0.25) is 5.02 Å². The number of anilines is 1. The number of piperidine rings is 1. The van der Waals surface area contributed by atoms with Gasteiger partial charge in [0.25, 0.3) is 0 Å². The van der Waals surface area contributed by atoms with Gasteiger partial charge in [0, 0.05) is 53.7 Å². The predicted octanol–water partition coefficient (Wildman–Crippen LogP) is 6.03. The van der Waals surface area contributed by atoms with Crippen LogP contribution in [0, 0.1) is 0 Å². The topological polar surface area (TPSA) is 46.6 Å². The van der Waals surface area contributed by atoms with Crippen molar-refractivity contribution in [1.29, 1.82) is 0 Å². The number of halogens is 1. The van der Waals surface area contributed by atoms with Gasteiger partial charge in [0.15, 0.2) is 0 Å². The number of aromatic nitrogens is 1. The fourth-order valence-electron chi connectivity index (χ4n) is 4.76. The van der Waals surface area contributed by atoms with Crippen LogP contribution in [0.15, 0.2) is 66.9 Å². The van der Waals surface area contributed by atoms with Crippen LogP contribution in [0.3, 0.4) is 0 Å². The lowest BCUT2D eigenvalue weighted by Crippen LogP contribution is -2.39. The van der Waals surface area contributed by atoms with Crippen LogP contribution >= 0.6 is 11.6 Å². The minimum atomic E-state index is 0.473. The van der Waals surface area contributed by atoms with E-state index in [1.165, 1.54) is 5.57 Å². The molecule has 5 rings (SSSR count). The van der Waals surface area contributed by atoms with Gasteiger partial charge in [-0.05, 0) is 73.4 Å². The lowest BCUT2D eigenvalue weighted by molar-refractivity contribution is 0.223. The maximum absolute atomic E-state index is 6.08. The SMILES string of the molecule is COc1ccc2c(c1)/C(=C/CCN1CCC(Nc3ccc(Cl)cc3)CC1)c1cccnc1CO2. The number of hydrogen-bond acceptors (Lipinski definition) is 5. The molecule has 5 nitrogen and oxygen atoms in total. The van der Waals surface area contributed by atoms with Gasteiger partial charge in [-0.1, -0.05) is 23.7 Å². The Hall–Kier alpha value is -3.02. The Bertz CT molecular complexity index is 1150. The monoisotopic (exact) mass is 475 g/mol. The van der Waals surface area contributed by atoms with Gasteiger partial charge in [0.05, 0.1) is 12.8 Å². The number of benzene rings is 2. The molecule has 0 saturated carbocycles. The van der Waals surface area contributed by atoms with E-state index in [1.807, 2.05) is 36.5 Å². The zero-order chi connectivity index (χ0) is 23.3. The number of ether oxygens (including phenoxy) is 2. The molecule has 3 heterocycles.